The summed E-state index contributed by atoms with van der Waals surface area (Å²) < 4.78 is 15.3. The van der Waals surface area contributed by atoms with Crippen LogP contribution in [0, 0.1) is 5.82 Å². The number of carbonyl (C=O) groups excluding carboxylic acids is 1. The van der Waals surface area contributed by atoms with Crippen LogP contribution in [-0.2, 0) is 11.3 Å². The second-order valence-corrected chi connectivity index (χ2v) is 9.42. The maximum atomic E-state index is 13.5. The number of benzene rings is 2. The molecule has 1 heterocycles. The van der Waals surface area contributed by atoms with Crippen molar-refractivity contribution in [2.45, 2.75) is 55.6 Å². The van der Waals surface area contributed by atoms with Crippen LogP contribution in [0.25, 0.3) is 10.9 Å². The Bertz CT molecular complexity index is 1160. The summed E-state index contributed by atoms with van der Waals surface area (Å²) in [6.07, 6.45) is 4.10. The summed E-state index contributed by atoms with van der Waals surface area (Å²) in [5.41, 5.74) is 1.35. The lowest BCUT2D eigenvalue weighted by atomic mass is 10.2. The van der Waals surface area contributed by atoms with E-state index in [9.17, 15) is 14.0 Å². The van der Waals surface area contributed by atoms with Crippen LogP contribution in [0.3, 0.4) is 0 Å². The monoisotopic (exact) mass is 439 g/mol. The zero-order chi connectivity index (χ0) is 22.0. The van der Waals surface area contributed by atoms with Crippen molar-refractivity contribution in [2.75, 3.05) is 7.05 Å². The van der Waals surface area contributed by atoms with Gasteiger partial charge < -0.3 is 4.90 Å². The number of aromatic nitrogens is 2. The third-order valence-electron chi connectivity index (χ3n) is 5.78. The predicted octanol–water partition coefficient (Wildman–Crippen LogP) is 4.79. The molecule has 1 aliphatic rings. The fourth-order valence-electron chi connectivity index (χ4n) is 4.20. The predicted molar refractivity (Wildman–Crippen MR) is 122 cm³/mol. The van der Waals surface area contributed by atoms with Crippen LogP contribution in [0.2, 0.25) is 0 Å². The van der Waals surface area contributed by atoms with Crippen LogP contribution in [-0.4, -0.2) is 32.7 Å². The molecule has 1 amide bonds. The number of hydrogen-bond donors (Lipinski definition) is 0. The molecular weight excluding hydrogens is 413 g/mol. The average Bonchev–Trinajstić information content (AvgIpc) is 3.27. The van der Waals surface area contributed by atoms with Gasteiger partial charge in [0.2, 0.25) is 5.91 Å². The van der Waals surface area contributed by atoms with E-state index in [0.29, 0.717) is 22.6 Å². The molecule has 1 unspecified atom stereocenters. The van der Waals surface area contributed by atoms with Gasteiger partial charge in [-0.3, -0.25) is 14.2 Å². The molecular formula is C24H26FN3O2S. The minimum atomic E-state index is -0.431. The summed E-state index contributed by atoms with van der Waals surface area (Å²) in [6.45, 7) is 2.15. The molecule has 0 bridgehead atoms. The van der Waals surface area contributed by atoms with Gasteiger partial charge in [-0.05, 0) is 49.6 Å². The molecule has 0 N–H and O–H groups in total. The van der Waals surface area contributed by atoms with Crippen molar-refractivity contribution >= 4 is 28.6 Å². The lowest BCUT2D eigenvalue weighted by Gasteiger charge is -2.23. The van der Waals surface area contributed by atoms with Crippen molar-refractivity contribution in [3.63, 3.8) is 0 Å². The number of hydrogen-bond acceptors (Lipinski definition) is 4. The van der Waals surface area contributed by atoms with Gasteiger partial charge >= 0.3 is 0 Å². The van der Waals surface area contributed by atoms with Crippen molar-refractivity contribution in [3.8, 4) is 0 Å². The van der Waals surface area contributed by atoms with Crippen molar-refractivity contribution in [1.82, 2.24) is 14.5 Å². The first-order chi connectivity index (χ1) is 14.9. The second kappa shape index (κ2) is 9.22. The van der Waals surface area contributed by atoms with E-state index < -0.39 is 5.25 Å². The highest BCUT2D eigenvalue weighted by atomic mass is 32.2. The van der Waals surface area contributed by atoms with Crippen LogP contribution in [0.5, 0.6) is 0 Å². The second-order valence-electron chi connectivity index (χ2n) is 8.11. The molecule has 0 radical (unpaired) electrons. The number of rotatable bonds is 6. The molecule has 4 rings (SSSR count). The van der Waals surface area contributed by atoms with Crippen LogP contribution >= 0.6 is 11.8 Å². The van der Waals surface area contributed by atoms with E-state index in [1.54, 1.807) is 28.6 Å². The Balaban J connectivity index is 1.60. The summed E-state index contributed by atoms with van der Waals surface area (Å²) in [5.74, 6) is -0.406. The first-order valence-electron chi connectivity index (χ1n) is 10.6. The molecule has 7 heteroatoms. The normalized spacial score (nSPS) is 15.3. The smallest absolute Gasteiger partial charge is 0.262 e. The van der Waals surface area contributed by atoms with E-state index in [0.717, 1.165) is 31.2 Å². The number of para-hydroxylation sites is 1. The fourth-order valence-corrected chi connectivity index (χ4v) is 5.29. The van der Waals surface area contributed by atoms with Crippen LogP contribution in [0.1, 0.15) is 44.2 Å². The standard InChI is InChI=1S/C24H26FN3O2S/c1-16(22(29)27(2)15-17-8-7-9-18(25)14-17)31-24-26-21-13-6-5-12-20(21)23(30)28(24)19-10-3-4-11-19/h5-9,12-14,16,19H,3-4,10-11,15H2,1-2H3. The highest BCUT2D eigenvalue weighted by molar-refractivity contribution is 8.00. The van der Waals surface area contributed by atoms with E-state index in [1.807, 2.05) is 31.2 Å². The lowest BCUT2D eigenvalue weighted by molar-refractivity contribution is -0.129. The molecule has 3 aromatic rings. The lowest BCUT2D eigenvalue weighted by Crippen LogP contribution is -2.34. The van der Waals surface area contributed by atoms with E-state index in [-0.39, 0.29) is 23.3 Å². The van der Waals surface area contributed by atoms with Gasteiger partial charge in [-0.15, -0.1) is 0 Å². The van der Waals surface area contributed by atoms with Gasteiger partial charge in [0.15, 0.2) is 5.16 Å². The first-order valence-corrected chi connectivity index (χ1v) is 11.5. The number of fused-ring (bicyclic) bond motifs is 1. The maximum absolute atomic E-state index is 13.5. The quantitative estimate of drug-likeness (QED) is 0.409. The number of carbonyl (C=O) groups is 1. The van der Waals surface area contributed by atoms with Gasteiger partial charge in [-0.1, -0.05) is 48.9 Å². The van der Waals surface area contributed by atoms with Gasteiger partial charge in [0, 0.05) is 19.6 Å². The number of amides is 1. The van der Waals surface area contributed by atoms with Gasteiger partial charge in [-0.25, -0.2) is 9.37 Å². The topological polar surface area (TPSA) is 55.2 Å². The number of nitrogens with zero attached hydrogens (tertiary/aromatic N) is 3. The van der Waals surface area contributed by atoms with Crippen LogP contribution in [0.4, 0.5) is 4.39 Å². The Morgan fingerprint density at radius 2 is 1.97 bits per heavy atom. The third-order valence-corrected chi connectivity index (χ3v) is 6.83. The van der Waals surface area contributed by atoms with E-state index in [2.05, 4.69) is 0 Å². The van der Waals surface area contributed by atoms with Crippen LogP contribution < -0.4 is 5.56 Å². The molecule has 2 aromatic carbocycles. The van der Waals surface area contributed by atoms with Gasteiger partial charge in [0.05, 0.1) is 16.2 Å². The minimum absolute atomic E-state index is 0.0345. The molecule has 31 heavy (non-hydrogen) atoms. The van der Waals surface area contributed by atoms with E-state index >= 15 is 0 Å². The fraction of sp³-hybridized carbons (Fsp3) is 0.375. The molecule has 0 spiro atoms. The molecule has 162 valence electrons. The summed E-state index contributed by atoms with van der Waals surface area (Å²) in [7, 11) is 1.71. The SMILES string of the molecule is CC(Sc1nc2ccccc2c(=O)n1C1CCCC1)C(=O)N(C)Cc1cccc(F)c1. The third kappa shape index (κ3) is 4.66. The van der Waals surface area contributed by atoms with Crippen molar-refractivity contribution in [1.29, 1.82) is 0 Å². The Kier molecular flexibility index (Phi) is 6.41. The zero-order valence-corrected chi connectivity index (χ0v) is 18.6. The highest BCUT2D eigenvalue weighted by Gasteiger charge is 2.26. The largest absolute Gasteiger partial charge is 0.340 e. The van der Waals surface area contributed by atoms with Gasteiger partial charge in [-0.2, -0.15) is 0 Å². The summed E-state index contributed by atoms with van der Waals surface area (Å²) in [4.78, 5) is 32.6. The van der Waals surface area contributed by atoms with Crippen LogP contribution in [0.15, 0.2) is 58.5 Å². The zero-order valence-electron chi connectivity index (χ0n) is 17.8. The molecule has 1 aliphatic carbocycles. The molecule has 1 atom stereocenters. The van der Waals surface area contributed by atoms with Crippen molar-refractivity contribution in [3.05, 3.63) is 70.3 Å². The number of thioether (sulfide) groups is 1. The molecule has 1 fully saturated rings. The first kappa shape index (κ1) is 21.6. The Morgan fingerprint density at radius 3 is 2.71 bits per heavy atom. The van der Waals surface area contributed by atoms with Crippen molar-refractivity contribution in [2.24, 2.45) is 0 Å². The Morgan fingerprint density at radius 1 is 1.23 bits per heavy atom. The minimum Gasteiger partial charge on any atom is -0.340 e. The summed E-state index contributed by atoms with van der Waals surface area (Å²) >= 11 is 1.32. The Labute approximate surface area is 185 Å². The number of halogens is 1. The van der Waals surface area contributed by atoms with Crippen molar-refractivity contribution < 1.29 is 9.18 Å². The highest BCUT2D eigenvalue weighted by Crippen LogP contribution is 2.33. The van der Waals surface area contributed by atoms with E-state index in [1.165, 1.54) is 23.9 Å². The van der Waals surface area contributed by atoms with Gasteiger partial charge in [0.25, 0.3) is 5.56 Å². The van der Waals surface area contributed by atoms with Gasteiger partial charge in [0.1, 0.15) is 5.82 Å². The average molecular weight is 440 g/mol. The summed E-state index contributed by atoms with van der Waals surface area (Å²) in [6, 6.07) is 13.7. The molecule has 5 nitrogen and oxygen atoms in total. The molecule has 0 aliphatic heterocycles. The summed E-state index contributed by atoms with van der Waals surface area (Å²) in [5, 5.41) is 0.774. The Hall–Kier alpha value is -2.67. The van der Waals surface area contributed by atoms with E-state index in [4.69, 9.17) is 4.98 Å². The molecule has 1 aromatic heterocycles. The maximum Gasteiger partial charge on any atom is 0.262 e. The molecule has 0 saturated heterocycles. The molecule has 1 saturated carbocycles.